The van der Waals surface area contributed by atoms with E-state index in [9.17, 15) is 4.79 Å². The molecular weight excluding hydrogens is 228 g/mol. The van der Waals surface area contributed by atoms with Gasteiger partial charge in [-0.25, -0.2) is 0 Å². The van der Waals surface area contributed by atoms with Crippen molar-refractivity contribution in [2.75, 3.05) is 23.7 Å². The Hall–Kier alpha value is -2.04. The van der Waals surface area contributed by atoms with E-state index in [0.717, 1.165) is 31.6 Å². The molecule has 1 aromatic rings. The molecule has 18 heavy (non-hydrogen) atoms. The lowest BCUT2D eigenvalue weighted by molar-refractivity contribution is -0.114. The normalized spacial score (nSPS) is 14.4. The van der Waals surface area contributed by atoms with Gasteiger partial charge in [0.05, 0.1) is 11.4 Å². The lowest BCUT2D eigenvalue weighted by Crippen LogP contribution is -2.33. The van der Waals surface area contributed by atoms with Crippen molar-refractivity contribution in [3.05, 3.63) is 24.3 Å². The summed E-state index contributed by atoms with van der Waals surface area (Å²) in [6.45, 7) is 3.32. The third-order valence-corrected chi connectivity index (χ3v) is 2.91. The van der Waals surface area contributed by atoms with Gasteiger partial charge in [-0.1, -0.05) is 12.1 Å². The average molecular weight is 246 g/mol. The summed E-state index contributed by atoms with van der Waals surface area (Å²) in [7, 11) is 0. The van der Waals surface area contributed by atoms with Crippen LogP contribution in [-0.2, 0) is 4.79 Å². The minimum atomic E-state index is -0.114. The number of para-hydroxylation sites is 2. The fourth-order valence-corrected chi connectivity index (χ4v) is 2.04. The van der Waals surface area contributed by atoms with Crippen LogP contribution in [0.3, 0.4) is 0 Å². The van der Waals surface area contributed by atoms with Gasteiger partial charge in [-0.2, -0.15) is 0 Å². The number of carbonyl (C=O) groups excluding carboxylic acids is 1. The number of amides is 1. The fourth-order valence-electron chi connectivity index (χ4n) is 2.04. The Morgan fingerprint density at radius 3 is 2.28 bits per heavy atom. The molecule has 3 N–H and O–H groups in total. The maximum atomic E-state index is 11.1. The number of rotatable bonds is 2. The number of nitrogens with one attached hydrogen (secondary N) is 3. The molecule has 1 fully saturated rings. The first kappa shape index (κ1) is 12.4. The molecule has 1 aliphatic rings. The Bertz CT molecular complexity index is 452. The number of likely N-dealkylation sites (tertiary alicyclic amines) is 1. The monoisotopic (exact) mass is 246 g/mol. The summed E-state index contributed by atoms with van der Waals surface area (Å²) >= 11 is 0. The second kappa shape index (κ2) is 5.53. The van der Waals surface area contributed by atoms with Crippen molar-refractivity contribution in [1.29, 1.82) is 5.41 Å². The molecule has 1 amide bonds. The summed E-state index contributed by atoms with van der Waals surface area (Å²) in [6, 6.07) is 7.41. The lowest BCUT2D eigenvalue weighted by atomic mass is 10.2. The number of benzene rings is 1. The van der Waals surface area contributed by atoms with E-state index in [4.69, 9.17) is 5.41 Å². The van der Waals surface area contributed by atoms with Gasteiger partial charge in [0.15, 0.2) is 5.96 Å². The van der Waals surface area contributed by atoms with E-state index in [-0.39, 0.29) is 5.91 Å². The average Bonchev–Trinajstić information content (AvgIpc) is 2.84. The van der Waals surface area contributed by atoms with Gasteiger partial charge in [-0.3, -0.25) is 10.2 Å². The molecule has 0 atom stereocenters. The Labute approximate surface area is 107 Å². The van der Waals surface area contributed by atoms with E-state index in [1.807, 2.05) is 29.2 Å². The van der Waals surface area contributed by atoms with Gasteiger partial charge in [-0.05, 0) is 25.0 Å². The van der Waals surface area contributed by atoms with Crippen LogP contribution in [0.25, 0.3) is 0 Å². The van der Waals surface area contributed by atoms with Crippen LogP contribution in [-0.4, -0.2) is 29.9 Å². The minimum Gasteiger partial charge on any atom is -0.343 e. The van der Waals surface area contributed by atoms with Crippen molar-refractivity contribution < 1.29 is 4.79 Å². The molecule has 0 aliphatic carbocycles. The molecule has 1 aliphatic heterocycles. The second-order valence-electron chi connectivity index (χ2n) is 4.39. The number of anilines is 2. The van der Waals surface area contributed by atoms with E-state index < -0.39 is 0 Å². The molecule has 0 aromatic heterocycles. The van der Waals surface area contributed by atoms with Crippen molar-refractivity contribution in [3.63, 3.8) is 0 Å². The Kier molecular flexibility index (Phi) is 3.82. The molecule has 5 heteroatoms. The van der Waals surface area contributed by atoms with Gasteiger partial charge in [0.25, 0.3) is 0 Å². The zero-order valence-electron chi connectivity index (χ0n) is 10.5. The number of hydrogen-bond acceptors (Lipinski definition) is 2. The Balaban J connectivity index is 2.07. The highest BCUT2D eigenvalue weighted by molar-refractivity contribution is 5.99. The number of guanidine groups is 1. The standard InChI is InChI=1S/C13H18N4O/c1-10(18)15-11-6-2-3-7-12(11)16-13(14)17-8-4-5-9-17/h2-3,6-7H,4-5,8-9H2,1H3,(H2,14,16)(H,15,18). The Morgan fingerprint density at radius 2 is 1.72 bits per heavy atom. The van der Waals surface area contributed by atoms with Gasteiger partial charge in [0, 0.05) is 20.0 Å². The maximum absolute atomic E-state index is 11.1. The molecule has 0 bridgehead atoms. The third-order valence-electron chi connectivity index (χ3n) is 2.91. The quantitative estimate of drug-likeness (QED) is 0.553. The summed E-state index contributed by atoms with van der Waals surface area (Å²) < 4.78 is 0. The van der Waals surface area contributed by atoms with Crippen LogP contribution in [0.5, 0.6) is 0 Å². The molecule has 96 valence electrons. The van der Waals surface area contributed by atoms with Crippen molar-refractivity contribution >= 4 is 23.2 Å². The van der Waals surface area contributed by atoms with Crippen LogP contribution in [0.2, 0.25) is 0 Å². The molecular formula is C13H18N4O. The van der Waals surface area contributed by atoms with Crippen LogP contribution in [0, 0.1) is 5.41 Å². The first-order valence-corrected chi connectivity index (χ1v) is 6.14. The number of hydrogen-bond donors (Lipinski definition) is 3. The van der Waals surface area contributed by atoms with E-state index >= 15 is 0 Å². The van der Waals surface area contributed by atoms with Crippen LogP contribution < -0.4 is 10.6 Å². The van der Waals surface area contributed by atoms with E-state index in [2.05, 4.69) is 10.6 Å². The lowest BCUT2D eigenvalue weighted by Gasteiger charge is -2.20. The van der Waals surface area contributed by atoms with E-state index in [1.54, 1.807) is 0 Å². The number of nitrogens with zero attached hydrogens (tertiary/aromatic N) is 1. The van der Waals surface area contributed by atoms with Crippen molar-refractivity contribution in [3.8, 4) is 0 Å². The predicted molar refractivity (Wildman–Crippen MR) is 72.9 cm³/mol. The molecule has 1 heterocycles. The van der Waals surface area contributed by atoms with Crippen molar-refractivity contribution in [2.24, 2.45) is 0 Å². The summed E-state index contributed by atoms with van der Waals surface area (Å²) in [5.74, 6) is 0.280. The van der Waals surface area contributed by atoms with Crippen molar-refractivity contribution in [2.45, 2.75) is 19.8 Å². The highest BCUT2D eigenvalue weighted by atomic mass is 16.1. The van der Waals surface area contributed by atoms with Crippen LogP contribution in [0.1, 0.15) is 19.8 Å². The van der Waals surface area contributed by atoms with Crippen LogP contribution in [0.4, 0.5) is 11.4 Å². The van der Waals surface area contributed by atoms with E-state index in [0.29, 0.717) is 11.6 Å². The topological polar surface area (TPSA) is 68.2 Å². The molecule has 0 radical (unpaired) electrons. The highest BCUT2D eigenvalue weighted by Crippen LogP contribution is 2.21. The van der Waals surface area contributed by atoms with Crippen molar-refractivity contribution in [1.82, 2.24) is 4.90 Å². The number of carbonyl (C=O) groups is 1. The molecule has 2 rings (SSSR count). The first-order valence-electron chi connectivity index (χ1n) is 6.14. The molecule has 1 aromatic carbocycles. The molecule has 0 spiro atoms. The molecule has 1 saturated heterocycles. The van der Waals surface area contributed by atoms with Gasteiger partial charge in [0.2, 0.25) is 5.91 Å². The fraction of sp³-hybridized carbons (Fsp3) is 0.385. The molecule has 0 unspecified atom stereocenters. The summed E-state index contributed by atoms with van der Waals surface area (Å²) in [5.41, 5.74) is 1.46. The third kappa shape index (κ3) is 3.00. The van der Waals surface area contributed by atoms with Crippen LogP contribution >= 0.6 is 0 Å². The zero-order valence-corrected chi connectivity index (χ0v) is 10.5. The highest BCUT2D eigenvalue weighted by Gasteiger charge is 2.15. The zero-order chi connectivity index (χ0) is 13.0. The maximum Gasteiger partial charge on any atom is 0.221 e. The largest absolute Gasteiger partial charge is 0.343 e. The van der Waals surface area contributed by atoms with Crippen LogP contribution in [0.15, 0.2) is 24.3 Å². The van der Waals surface area contributed by atoms with E-state index in [1.165, 1.54) is 6.92 Å². The predicted octanol–water partition coefficient (Wildman–Crippen LogP) is 2.09. The second-order valence-corrected chi connectivity index (χ2v) is 4.39. The first-order chi connectivity index (χ1) is 8.66. The van der Waals surface area contributed by atoms with Gasteiger partial charge < -0.3 is 15.5 Å². The summed E-state index contributed by atoms with van der Waals surface area (Å²) in [6.07, 6.45) is 2.27. The Morgan fingerprint density at radius 1 is 1.17 bits per heavy atom. The molecule has 0 saturated carbocycles. The van der Waals surface area contributed by atoms with Gasteiger partial charge in [0.1, 0.15) is 0 Å². The molecule has 5 nitrogen and oxygen atoms in total. The van der Waals surface area contributed by atoms with Gasteiger partial charge >= 0.3 is 0 Å². The summed E-state index contributed by atoms with van der Waals surface area (Å²) in [4.78, 5) is 13.1. The SMILES string of the molecule is CC(=O)Nc1ccccc1NC(=N)N1CCCC1. The smallest absolute Gasteiger partial charge is 0.221 e. The minimum absolute atomic E-state index is 0.114. The summed E-state index contributed by atoms with van der Waals surface area (Å²) in [5, 5.41) is 13.8. The van der Waals surface area contributed by atoms with Gasteiger partial charge in [-0.15, -0.1) is 0 Å².